The molecule has 1 aliphatic carbocycles. The second kappa shape index (κ2) is 5.81. The summed E-state index contributed by atoms with van der Waals surface area (Å²) in [6, 6.07) is 6.54. The highest BCUT2D eigenvalue weighted by Gasteiger charge is 2.20. The lowest BCUT2D eigenvalue weighted by atomic mass is 9.97. The summed E-state index contributed by atoms with van der Waals surface area (Å²) in [7, 11) is 0. The summed E-state index contributed by atoms with van der Waals surface area (Å²) in [4.78, 5) is 14.9. The van der Waals surface area contributed by atoms with Crippen LogP contribution in [0, 0.1) is 5.82 Å². The molecule has 0 atom stereocenters. The first-order valence-corrected chi connectivity index (χ1v) is 8.57. The van der Waals surface area contributed by atoms with E-state index in [0.717, 1.165) is 47.7 Å². The number of hydrogen-bond acceptors (Lipinski definition) is 4. The van der Waals surface area contributed by atoms with Crippen molar-refractivity contribution in [1.82, 2.24) is 19.6 Å². The van der Waals surface area contributed by atoms with E-state index < -0.39 is 0 Å². The van der Waals surface area contributed by atoms with E-state index in [-0.39, 0.29) is 11.4 Å². The Morgan fingerprint density at radius 1 is 1.26 bits per heavy atom. The highest BCUT2D eigenvalue weighted by Crippen LogP contribution is 2.25. The van der Waals surface area contributed by atoms with Crippen molar-refractivity contribution in [1.29, 1.82) is 0 Å². The Morgan fingerprint density at radius 2 is 2.13 bits per heavy atom. The molecule has 2 heterocycles. The van der Waals surface area contributed by atoms with Gasteiger partial charge < -0.3 is 0 Å². The fraction of sp³-hybridized carbons (Fsp3) is 0.312. The van der Waals surface area contributed by atoms with Crippen LogP contribution in [0.2, 0.25) is 0 Å². The minimum atomic E-state index is -0.240. The van der Waals surface area contributed by atoms with Gasteiger partial charge in [-0.2, -0.15) is 0 Å². The van der Waals surface area contributed by atoms with E-state index in [0.29, 0.717) is 11.5 Å². The molecule has 0 amide bonds. The molecule has 118 valence electrons. The number of fused-ring (bicyclic) bond motifs is 3. The van der Waals surface area contributed by atoms with Gasteiger partial charge in [0.05, 0.1) is 0 Å². The Bertz CT molecular complexity index is 933. The van der Waals surface area contributed by atoms with Gasteiger partial charge in [0, 0.05) is 17.0 Å². The van der Waals surface area contributed by atoms with Gasteiger partial charge in [-0.15, -0.1) is 10.2 Å². The minimum absolute atomic E-state index is 0.0544. The van der Waals surface area contributed by atoms with Crippen LogP contribution in [-0.4, -0.2) is 19.6 Å². The molecule has 4 rings (SSSR count). The summed E-state index contributed by atoms with van der Waals surface area (Å²) in [5.41, 5.74) is 2.70. The molecule has 0 saturated carbocycles. The van der Waals surface area contributed by atoms with Gasteiger partial charge in [-0.05, 0) is 43.4 Å². The smallest absolute Gasteiger partial charge is 0.255 e. The minimum Gasteiger partial charge on any atom is -0.290 e. The number of benzene rings is 1. The van der Waals surface area contributed by atoms with E-state index in [4.69, 9.17) is 0 Å². The first-order chi connectivity index (χ1) is 11.2. The summed E-state index contributed by atoms with van der Waals surface area (Å²) in [5, 5.41) is 9.01. The van der Waals surface area contributed by atoms with Crippen molar-refractivity contribution in [2.24, 2.45) is 0 Å². The second-order valence-electron chi connectivity index (χ2n) is 5.65. The monoisotopic (exact) mass is 330 g/mol. The van der Waals surface area contributed by atoms with Crippen LogP contribution in [0.15, 0.2) is 34.2 Å². The topological polar surface area (TPSA) is 63.0 Å². The standard InChI is InChI=1S/C16H15FN4OS/c17-11-5-3-4-10(8-11)9-23-16-20-19-15-18-14(22)12-6-1-2-7-13(12)21(15)16/h3-5,8H,1-2,6-7,9H2,(H,18,19,22). The number of hydrogen-bond donors (Lipinski definition) is 1. The molecule has 0 aliphatic heterocycles. The number of rotatable bonds is 3. The van der Waals surface area contributed by atoms with Crippen molar-refractivity contribution in [3.05, 3.63) is 57.3 Å². The van der Waals surface area contributed by atoms with E-state index in [1.807, 2.05) is 10.5 Å². The van der Waals surface area contributed by atoms with Gasteiger partial charge in [0.1, 0.15) is 5.82 Å². The zero-order valence-corrected chi connectivity index (χ0v) is 13.2. The number of aromatic nitrogens is 4. The third-order valence-electron chi connectivity index (χ3n) is 4.10. The summed E-state index contributed by atoms with van der Waals surface area (Å²) < 4.78 is 15.2. The molecular formula is C16H15FN4OS. The maximum atomic E-state index is 13.3. The lowest BCUT2D eigenvalue weighted by Gasteiger charge is -2.16. The lowest BCUT2D eigenvalue weighted by Crippen LogP contribution is -2.22. The molecule has 7 heteroatoms. The molecule has 0 radical (unpaired) electrons. The third kappa shape index (κ3) is 2.65. The number of aromatic amines is 1. The van der Waals surface area contributed by atoms with Gasteiger partial charge in [-0.3, -0.25) is 14.2 Å². The molecule has 0 saturated heterocycles. The molecule has 5 nitrogen and oxygen atoms in total. The normalized spacial score (nSPS) is 14.1. The van der Waals surface area contributed by atoms with Gasteiger partial charge in [-0.1, -0.05) is 23.9 Å². The lowest BCUT2D eigenvalue weighted by molar-refractivity contribution is 0.626. The SMILES string of the molecule is O=c1[nH]c2nnc(SCc3cccc(F)c3)n2c2c1CCCC2. The number of thioether (sulfide) groups is 1. The molecule has 0 bridgehead atoms. The van der Waals surface area contributed by atoms with Crippen molar-refractivity contribution < 1.29 is 4.39 Å². The molecule has 1 N–H and O–H groups in total. The summed E-state index contributed by atoms with van der Waals surface area (Å²) >= 11 is 1.50. The predicted octanol–water partition coefficient (Wildman–Crippen LogP) is 2.73. The largest absolute Gasteiger partial charge is 0.290 e. The van der Waals surface area contributed by atoms with Crippen LogP contribution < -0.4 is 5.56 Å². The fourth-order valence-electron chi connectivity index (χ4n) is 3.02. The Kier molecular flexibility index (Phi) is 3.65. The second-order valence-corrected chi connectivity index (χ2v) is 6.59. The van der Waals surface area contributed by atoms with Crippen LogP contribution in [-0.2, 0) is 18.6 Å². The maximum Gasteiger partial charge on any atom is 0.255 e. The molecule has 0 unspecified atom stereocenters. The zero-order chi connectivity index (χ0) is 15.8. The number of H-pyrrole nitrogens is 1. The van der Waals surface area contributed by atoms with Crippen LogP contribution in [0.5, 0.6) is 0 Å². The zero-order valence-electron chi connectivity index (χ0n) is 12.4. The van der Waals surface area contributed by atoms with Crippen LogP contribution in [0.1, 0.15) is 29.7 Å². The summed E-state index contributed by atoms with van der Waals surface area (Å²) in [6.07, 6.45) is 3.77. The highest BCUT2D eigenvalue weighted by molar-refractivity contribution is 7.98. The Morgan fingerprint density at radius 3 is 3.00 bits per heavy atom. The maximum absolute atomic E-state index is 13.3. The molecule has 0 spiro atoms. The Labute approximate surface area is 136 Å². The average molecular weight is 330 g/mol. The van der Waals surface area contributed by atoms with Gasteiger partial charge in [0.2, 0.25) is 5.78 Å². The van der Waals surface area contributed by atoms with E-state index >= 15 is 0 Å². The van der Waals surface area contributed by atoms with Gasteiger partial charge in [-0.25, -0.2) is 4.39 Å². The number of halogens is 1. The molecule has 23 heavy (non-hydrogen) atoms. The first-order valence-electron chi connectivity index (χ1n) is 7.59. The van der Waals surface area contributed by atoms with Crippen LogP contribution in [0.25, 0.3) is 5.78 Å². The van der Waals surface area contributed by atoms with Crippen molar-refractivity contribution in [3.8, 4) is 0 Å². The third-order valence-corrected chi connectivity index (χ3v) is 5.10. The molecular weight excluding hydrogens is 315 g/mol. The van der Waals surface area contributed by atoms with Crippen molar-refractivity contribution >= 4 is 17.5 Å². The fourth-order valence-corrected chi connectivity index (χ4v) is 3.92. The molecule has 1 aromatic carbocycles. The van der Waals surface area contributed by atoms with Crippen molar-refractivity contribution in [3.63, 3.8) is 0 Å². The number of aryl methyl sites for hydroxylation is 1. The van der Waals surface area contributed by atoms with Gasteiger partial charge in [0.25, 0.3) is 5.56 Å². The summed E-state index contributed by atoms with van der Waals surface area (Å²) in [6.45, 7) is 0. The Balaban J connectivity index is 1.72. The van der Waals surface area contributed by atoms with Gasteiger partial charge in [0.15, 0.2) is 5.16 Å². The predicted molar refractivity (Wildman–Crippen MR) is 86.2 cm³/mol. The quantitative estimate of drug-likeness (QED) is 0.750. The molecule has 0 fully saturated rings. The number of nitrogens with one attached hydrogen (secondary N) is 1. The van der Waals surface area contributed by atoms with Crippen LogP contribution in [0.3, 0.4) is 0 Å². The van der Waals surface area contributed by atoms with E-state index in [9.17, 15) is 9.18 Å². The number of nitrogens with zero attached hydrogens (tertiary/aromatic N) is 3. The highest BCUT2D eigenvalue weighted by atomic mass is 32.2. The molecule has 2 aromatic heterocycles. The van der Waals surface area contributed by atoms with Crippen molar-refractivity contribution in [2.75, 3.05) is 0 Å². The first kappa shape index (κ1) is 14.4. The summed E-state index contributed by atoms with van der Waals surface area (Å²) in [5.74, 6) is 0.847. The van der Waals surface area contributed by atoms with E-state index in [2.05, 4.69) is 15.2 Å². The van der Waals surface area contributed by atoms with Gasteiger partial charge >= 0.3 is 0 Å². The Hall–Kier alpha value is -2.15. The molecule has 3 aromatic rings. The van der Waals surface area contributed by atoms with Crippen LogP contribution >= 0.6 is 11.8 Å². The van der Waals surface area contributed by atoms with E-state index in [1.165, 1.54) is 23.9 Å². The van der Waals surface area contributed by atoms with E-state index in [1.54, 1.807) is 6.07 Å². The average Bonchev–Trinajstić information content (AvgIpc) is 2.96. The van der Waals surface area contributed by atoms with Crippen molar-refractivity contribution in [2.45, 2.75) is 36.6 Å². The molecule has 1 aliphatic rings. The van der Waals surface area contributed by atoms with Crippen LogP contribution in [0.4, 0.5) is 4.39 Å².